The van der Waals surface area contributed by atoms with Crippen LogP contribution < -0.4 is 18.8 Å². The van der Waals surface area contributed by atoms with Gasteiger partial charge in [0.25, 0.3) is 0 Å². The first-order chi connectivity index (χ1) is 13.3. The molecule has 0 unspecified atom stereocenters. The Kier molecular flexibility index (Phi) is 4.65. The van der Waals surface area contributed by atoms with Crippen LogP contribution in [0.4, 0.5) is 0 Å². The summed E-state index contributed by atoms with van der Waals surface area (Å²) in [5.74, 6) is 2.63. The highest BCUT2D eigenvalue weighted by molar-refractivity contribution is 5.91. The van der Waals surface area contributed by atoms with E-state index in [1.807, 2.05) is 19.9 Å². The Balaban J connectivity index is 0.000000872. The van der Waals surface area contributed by atoms with Crippen LogP contribution in [0.15, 0.2) is 36.5 Å². The van der Waals surface area contributed by atoms with Gasteiger partial charge in [0.15, 0.2) is 24.2 Å². The predicted octanol–water partition coefficient (Wildman–Crippen LogP) is 4.33. The van der Waals surface area contributed by atoms with E-state index in [0.717, 1.165) is 54.0 Å². The van der Waals surface area contributed by atoms with Crippen LogP contribution in [-0.2, 0) is 19.4 Å². The molecular weight excluding hydrogens is 338 g/mol. The number of aryl methyl sites for hydroxylation is 2. The van der Waals surface area contributed by atoms with Gasteiger partial charge in [0, 0.05) is 18.9 Å². The molecule has 4 nitrogen and oxygen atoms in total. The molecule has 140 valence electrons. The van der Waals surface area contributed by atoms with Crippen molar-refractivity contribution in [2.45, 2.75) is 33.2 Å². The van der Waals surface area contributed by atoms with Crippen LogP contribution in [-0.4, -0.2) is 20.8 Å². The van der Waals surface area contributed by atoms with E-state index in [1.165, 1.54) is 22.4 Å². The lowest BCUT2D eigenvalue weighted by atomic mass is 9.93. The van der Waals surface area contributed by atoms with Gasteiger partial charge >= 0.3 is 0 Å². The van der Waals surface area contributed by atoms with Crippen LogP contribution in [0.25, 0.3) is 22.0 Å². The molecule has 0 atom stereocenters. The molecule has 27 heavy (non-hydrogen) atoms. The summed E-state index contributed by atoms with van der Waals surface area (Å²) in [5, 5.41) is 2.24. The number of benzene rings is 2. The number of ether oxygens (including phenoxy) is 3. The topological polar surface area (TPSA) is 31.6 Å². The van der Waals surface area contributed by atoms with Crippen molar-refractivity contribution in [3.05, 3.63) is 47.7 Å². The molecule has 0 N–H and O–H groups in total. The molecule has 2 aliphatic heterocycles. The third kappa shape index (κ3) is 2.80. The van der Waals surface area contributed by atoms with Gasteiger partial charge in [-0.15, -0.1) is 0 Å². The number of fused-ring (bicyclic) bond motifs is 5. The fraction of sp³-hybridized carbons (Fsp3) is 0.348. The molecule has 0 aliphatic carbocycles. The van der Waals surface area contributed by atoms with Gasteiger partial charge in [0.1, 0.15) is 5.75 Å². The Morgan fingerprint density at radius 2 is 1.81 bits per heavy atom. The first kappa shape index (κ1) is 17.7. The summed E-state index contributed by atoms with van der Waals surface area (Å²) in [6.07, 6.45) is 4.21. The third-order valence-electron chi connectivity index (χ3n) is 5.32. The predicted molar refractivity (Wildman–Crippen MR) is 107 cm³/mol. The largest absolute Gasteiger partial charge is 0.493 e. The second-order valence-electron chi connectivity index (χ2n) is 6.62. The summed E-state index contributed by atoms with van der Waals surface area (Å²) in [6, 6.07) is 10.9. The first-order valence-corrected chi connectivity index (χ1v) is 9.65. The van der Waals surface area contributed by atoms with Crippen molar-refractivity contribution in [3.63, 3.8) is 0 Å². The molecule has 0 saturated carbocycles. The summed E-state index contributed by atoms with van der Waals surface area (Å²) >= 11 is 0. The highest BCUT2D eigenvalue weighted by Crippen LogP contribution is 2.39. The van der Waals surface area contributed by atoms with E-state index in [9.17, 15) is 0 Å². The molecular formula is C23H26NO3+. The molecule has 3 aromatic rings. The van der Waals surface area contributed by atoms with Gasteiger partial charge in [-0.05, 0) is 40.8 Å². The number of hydrogen-bond donors (Lipinski definition) is 0. The van der Waals surface area contributed by atoms with Crippen molar-refractivity contribution in [1.29, 1.82) is 0 Å². The van der Waals surface area contributed by atoms with Crippen molar-refractivity contribution < 1.29 is 18.8 Å². The van der Waals surface area contributed by atoms with Crippen LogP contribution in [0.3, 0.4) is 0 Å². The summed E-state index contributed by atoms with van der Waals surface area (Å²) < 4.78 is 19.1. The van der Waals surface area contributed by atoms with E-state index >= 15 is 0 Å². The summed E-state index contributed by atoms with van der Waals surface area (Å²) in [7, 11) is 3.37. The van der Waals surface area contributed by atoms with E-state index < -0.39 is 0 Å². The van der Waals surface area contributed by atoms with Gasteiger partial charge in [-0.3, -0.25) is 0 Å². The fourth-order valence-electron chi connectivity index (χ4n) is 4.05. The average Bonchev–Trinajstić information content (AvgIpc) is 3.18. The minimum absolute atomic E-state index is 0.765. The van der Waals surface area contributed by atoms with E-state index in [1.54, 1.807) is 14.2 Å². The summed E-state index contributed by atoms with van der Waals surface area (Å²) in [6.45, 7) is 5.75. The maximum atomic E-state index is 5.74. The molecule has 1 aromatic heterocycles. The van der Waals surface area contributed by atoms with Gasteiger partial charge in [0.2, 0.25) is 5.69 Å². The Hall–Kier alpha value is -2.75. The SMILES string of the molecule is CC.COc1ccc2cc3[n+](cc2c1OC)CCc1cc2c(cc1-3)CCO2. The number of hydrogen-bond acceptors (Lipinski definition) is 3. The Labute approximate surface area is 160 Å². The Bertz CT molecular complexity index is 1010. The molecule has 0 saturated heterocycles. The summed E-state index contributed by atoms with van der Waals surface area (Å²) in [4.78, 5) is 0. The minimum atomic E-state index is 0.765. The third-order valence-corrected chi connectivity index (χ3v) is 5.32. The maximum absolute atomic E-state index is 5.74. The van der Waals surface area contributed by atoms with Crippen LogP contribution in [0.1, 0.15) is 25.0 Å². The lowest BCUT2D eigenvalue weighted by molar-refractivity contribution is -0.686. The minimum Gasteiger partial charge on any atom is -0.493 e. The van der Waals surface area contributed by atoms with Gasteiger partial charge in [-0.2, -0.15) is 4.57 Å². The van der Waals surface area contributed by atoms with E-state index in [-0.39, 0.29) is 0 Å². The fourth-order valence-corrected chi connectivity index (χ4v) is 4.05. The first-order valence-electron chi connectivity index (χ1n) is 9.65. The molecule has 0 fully saturated rings. The standard InChI is InChI=1S/C21H20NO3.C2H6/c1-23-19-4-3-13-10-18-16-9-15-6-8-25-20(15)11-14(16)5-7-22(18)12-17(13)21(19)24-2;1-2/h3-4,9-12H,5-8H2,1-2H3;1-2H3/q+1;. The molecule has 0 radical (unpaired) electrons. The Morgan fingerprint density at radius 3 is 2.59 bits per heavy atom. The smallest absolute Gasteiger partial charge is 0.213 e. The van der Waals surface area contributed by atoms with Crippen LogP contribution in [0, 0.1) is 0 Å². The van der Waals surface area contributed by atoms with Crippen LogP contribution >= 0.6 is 0 Å². The van der Waals surface area contributed by atoms with E-state index in [2.05, 4.69) is 35.0 Å². The van der Waals surface area contributed by atoms with Crippen LogP contribution in [0.2, 0.25) is 0 Å². The van der Waals surface area contributed by atoms with Gasteiger partial charge in [-0.25, -0.2) is 0 Å². The Morgan fingerprint density at radius 1 is 0.963 bits per heavy atom. The molecule has 0 amide bonds. The van der Waals surface area contributed by atoms with Crippen molar-refractivity contribution >= 4 is 10.8 Å². The van der Waals surface area contributed by atoms with Gasteiger partial charge in [-0.1, -0.05) is 13.8 Å². The number of aromatic nitrogens is 1. The molecule has 3 heterocycles. The average molecular weight is 364 g/mol. The lowest BCUT2D eigenvalue weighted by Crippen LogP contribution is -2.40. The zero-order chi connectivity index (χ0) is 19.0. The maximum Gasteiger partial charge on any atom is 0.213 e. The lowest BCUT2D eigenvalue weighted by Gasteiger charge is -2.17. The van der Waals surface area contributed by atoms with E-state index in [0.29, 0.717) is 0 Å². The highest BCUT2D eigenvalue weighted by Gasteiger charge is 2.27. The quantitative estimate of drug-likeness (QED) is 0.635. The van der Waals surface area contributed by atoms with Gasteiger partial charge < -0.3 is 14.2 Å². The van der Waals surface area contributed by atoms with Gasteiger partial charge in [0.05, 0.1) is 31.8 Å². The molecule has 4 heteroatoms. The van der Waals surface area contributed by atoms with E-state index in [4.69, 9.17) is 14.2 Å². The summed E-state index contributed by atoms with van der Waals surface area (Å²) in [5.41, 5.74) is 5.28. The molecule has 0 spiro atoms. The molecule has 2 aromatic carbocycles. The molecule has 0 bridgehead atoms. The van der Waals surface area contributed by atoms with Crippen molar-refractivity contribution in [2.24, 2.45) is 0 Å². The van der Waals surface area contributed by atoms with Crippen LogP contribution in [0.5, 0.6) is 17.2 Å². The number of pyridine rings is 1. The normalized spacial score (nSPS) is 13.6. The van der Waals surface area contributed by atoms with Crippen molar-refractivity contribution in [3.8, 4) is 28.5 Å². The monoisotopic (exact) mass is 364 g/mol. The van der Waals surface area contributed by atoms with Crippen molar-refractivity contribution in [1.82, 2.24) is 0 Å². The molecule has 5 rings (SSSR count). The zero-order valence-corrected chi connectivity index (χ0v) is 16.5. The number of rotatable bonds is 2. The molecule has 2 aliphatic rings. The number of methoxy groups -OCH3 is 2. The second-order valence-corrected chi connectivity index (χ2v) is 6.62. The number of nitrogens with zero attached hydrogens (tertiary/aromatic N) is 1. The zero-order valence-electron chi connectivity index (χ0n) is 16.5. The van der Waals surface area contributed by atoms with Crippen molar-refractivity contribution in [2.75, 3.05) is 20.8 Å². The highest BCUT2D eigenvalue weighted by atomic mass is 16.5. The second kappa shape index (κ2) is 7.10.